The van der Waals surface area contributed by atoms with Crippen molar-refractivity contribution in [3.8, 4) is 17.6 Å². The largest absolute Gasteiger partial charge is 0.490 e. The van der Waals surface area contributed by atoms with Crippen LogP contribution in [0.15, 0.2) is 18.2 Å². The van der Waals surface area contributed by atoms with E-state index < -0.39 is 6.67 Å². The summed E-state index contributed by atoms with van der Waals surface area (Å²) in [5.41, 5.74) is 0.515. The molecule has 0 spiro atoms. The molecule has 0 aliphatic carbocycles. The fourth-order valence-corrected chi connectivity index (χ4v) is 1.20. The molecule has 0 saturated heterocycles. The summed E-state index contributed by atoms with van der Waals surface area (Å²) < 4.78 is 22.6. The van der Waals surface area contributed by atoms with Crippen LogP contribution in [-0.2, 0) is 0 Å². The summed E-state index contributed by atoms with van der Waals surface area (Å²) in [4.78, 5) is 0. The molecule has 3 nitrogen and oxygen atoms in total. The standard InChI is InChI=1S/C12H14FNO2/c1-2-15-12-8-10(9-14)4-5-11(12)16-7-3-6-13/h4-5,8H,2-3,6-7H2,1H3. The predicted molar refractivity (Wildman–Crippen MR) is 58.4 cm³/mol. The van der Waals surface area contributed by atoms with Gasteiger partial charge in [0.2, 0.25) is 0 Å². The molecule has 0 aromatic heterocycles. The van der Waals surface area contributed by atoms with E-state index in [0.29, 0.717) is 36.7 Å². The number of benzene rings is 1. The summed E-state index contributed by atoms with van der Waals surface area (Å²) in [5, 5.41) is 8.74. The van der Waals surface area contributed by atoms with Crippen LogP contribution in [0.4, 0.5) is 4.39 Å². The van der Waals surface area contributed by atoms with Crippen LogP contribution >= 0.6 is 0 Å². The Balaban J connectivity index is 2.77. The summed E-state index contributed by atoms with van der Waals surface area (Å²) in [6.07, 6.45) is 0.353. The van der Waals surface area contributed by atoms with Gasteiger partial charge in [0.05, 0.1) is 31.5 Å². The fraction of sp³-hybridized carbons (Fsp3) is 0.417. The van der Waals surface area contributed by atoms with Gasteiger partial charge in [0.25, 0.3) is 0 Å². The van der Waals surface area contributed by atoms with Gasteiger partial charge in [-0.2, -0.15) is 5.26 Å². The maximum atomic E-state index is 11.9. The Hall–Kier alpha value is -1.76. The number of hydrogen-bond donors (Lipinski definition) is 0. The minimum atomic E-state index is -0.403. The van der Waals surface area contributed by atoms with Crippen molar-refractivity contribution in [1.29, 1.82) is 5.26 Å². The summed E-state index contributed by atoms with van der Waals surface area (Å²) in [5.74, 6) is 1.08. The Labute approximate surface area is 94.4 Å². The van der Waals surface area contributed by atoms with Crippen molar-refractivity contribution in [2.45, 2.75) is 13.3 Å². The molecular formula is C12H14FNO2. The molecule has 1 rings (SSSR count). The van der Waals surface area contributed by atoms with Crippen LogP contribution in [0.5, 0.6) is 11.5 Å². The number of rotatable bonds is 6. The molecule has 0 unspecified atom stereocenters. The first-order chi connectivity index (χ1) is 7.81. The Kier molecular flexibility index (Phi) is 5.13. The second kappa shape index (κ2) is 6.67. The van der Waals surface area contributed by atoms with Gasteiger partial charge >= 0.3 is 0 Å². The van der Waals surface area contributed by atoms with E-state index in [2.05, 4.69) is 0 Å². The van der Waals surface area contributed by atoms with Crippen molar-refractivity contribution < 1.29 is 13.9 Å². The Bertz CT molecular complexity index is 374. The van der Waals surface area contributed by atoms with E-state index in [9.17, 15) is 4.39 Å². The third-order valence-corrected chi connectivity index (χ3v) is 1.91. The molecule has 16 heavy (non-hydrogen) atoms. The van der Waals surface area contributed by atoms with Crippen molar-refractivity contribution in [3.05, 3.63) is 23.8 Å². The second-order valence-corrected chi connectivity index (χ2v) is 3.10. The van der Waals surface area contributed by atoms with E-state index in [1.807, 2.05) is 13.0 Å². The SMILES string of the molecule is CCOc1cc(C#N)ccc1OCCCF. The van der Waals surface area contributed by atoms with E-state index in [-0.39, 0.29) is 0 Å². The van der Waals surface area contributed by atoms with Crippen LogP contribution in [0.25, 0.3) is 0 Å². The number of nitrogens with zero attached hydrogens (tertiary/aromatic N) is 1. The number of hydrogen-bond acceptors (Lipinski definition) is 3. The highest BCUT2D eigenvalue weighted by atomic mass is 19.1. The van der Waals surface area contributed by atoms with Gasteiger partial charge in [0.15, 0.2) is 11.5 Å². The summed E-state index contributed by atoms with van der Waals surface area (Å²) in [7, 11) is 0. The molecule has 0 saturated carbocycles. The van der Waals surface area contributed by atoms with E-state index in [1.165, 1.54) is 0 Å². The van der Waals surface area contributed by atoms with Gasteiger partial charge in [0, 0.05) is 12.5 Å². The fourth-order valence-electron chi connectivity index (χ4n) is 1.20. The Morgan fingerprint density at radius 1 is 1.31 bits per heavy atom. The van der Waals surface area contributed by atoms with Crippen LogP contribution < -0.4 is 9.47 Å². The average Bonchev–Trinajstić information content (AvgIpc) is 2.31. The van der Waals surface area contributed by atoms with Crippen molar-refractivity contribution >= 4 is 0 Å². The molecule has 0 heterocycles. The Morgan fingerprint density at radius 2 is 2.12 bits per heavy atom. The zero-order valence-corrected chi connectivity index (χ0v) is 9.20. The minimum absolute atomic E-state index is 0.308. The average molecular weight is 223 g/mol. The maximum absolute atomic E-state index is 11.9. The first-order valence-electron chi connectivity index (χ1n) is 5.17. The lowest BCUT2D eigenvalue weighted by Gasteiger charge is -2.11. The lowest BCUT2D eigenvalue weighted by Crippen LogP contribution is -2.01. The van der Waals surface area contributed by atoms with Gasteiger partial charge in [0.1, 0.15) is 0 Å². The van der Waals surface area contributed by atoms with Crippen LogP contribution in [-0.4, -0.2) is 19.9 Å². The molecular weight excluding hydrogens is 209 g/mol. The predicted octanol–water partition coefficient (Wildman–Crippen LogP) is 2.70. The number of ether oxygens (including phenoxy) is 2. The lowest BCUT2D eigenvalue weighted by atomic mass is 10.2. The van der Waals surface area contributed by atoms with Gasteiger partial charge in [-0.15, -0.1) is 0 Å². The molecule has 0 amide bonds. The zero-order chi connectivity index (χ0) is 11.8. The smallest absolute Gasteiger partial charge is 0.162 e. The third-order valence-electron chi connectivity index (χ3n) is 1.91. The third kappa shape index (κ3) is 3.43. The molecule has 0 fully saturated rings. The Morgan fingerprint density at radius 3 is 2.75 bits per heavy atom. The first-order valence-corrected chi connectivity index (χ1v) is 5.17. The van der Waals surface area contributed by atoms with E-state index in [1.54, 1.807) is 18.2 Å². The molecule has 0 aliphatic rings. The number of nitriles is 1. The van der Waals surface area contributed by atoms with Gasteiger partial charge in [-0.1, -0.05) is 0 Å². The zero-order valence-electron chi connectivity index (χ0n) is 9.20. The molecule has 0 N–H and O–H groups in total. The van der Waals surface area contributed by atoms with E-state index in [0.717, 1.165) is 0 Å². The second-order valence-electron chi connectivity index (χ2n) is 3.10. The quantitative estimate of drug-likeness (QED) is 0.696. The molecule has 0 radical (unpaired) electrons. The lowest BCUT2D eigenvalue weighted by molar-refractivity contribution is 0.262. The molecule has 1 aromatic carbocycles. The monoisotopic (exact) mass is 223 g/mol. The van der Waals surface area contributed by atoms with Gasteiger partial charge < -0.3 is 9.47 Å². The summed E-state index contributed by atoms with van der Waals surface area (Å²) in [6, 6.07) is 6.96. The van der Waals surface area contributed by atoms with Crippen molar-refractivity contribution in [3.63, 3.8) is 0 Å². The molecule has 86 valence electrons. The highest BCUT2D eigenvalue weighted by Gasteiger charge is 2.06. The van der Waals surface area contributed by atoms with Gasteiger partial charge in [-0.25, -0.2) is 0 Å². The highest BCUT2D eigenvalue weighted by molar-refractivity contribution is 5.46. The number of alkyl halides is 1. The normalized spacial score (nSPS) is 9.56. The minimum Gasteiger partial charge on any atom is -0.490 e. The van der Waals surface area contributed by atoms with Crippen molar-refractivity contribution in [2.24, 2.45) is 0 Å². The van der Waals surface area contributed by atoms with Gasteiger partial charge in [-0.05, 0) is 19.1 Å². The van der Waals surface area contributed by atoms with E-state index in [4.69, 9.17) is 14.7 Å². The molecule has 0 atom stereocenters. The molecule has 4 heteroatoms. The van der Waals surface area contributed by atoms with Crippen LogP contribution in [0.2, 0.25) is 0 Å². The maximum Gasteiger partial charge on any atom is 0.162 e. The van der Waals surface area contributed by atoms with Crippen molar-refractivity contribution in [2.75, 3.05) is 19.9 Å². The topological polar surface area (TPSA) is 42.2 Å². The first kappa shape index (κ1) is 12.3. The highest BCUT2D eigenvalue weighted by Crippen LogP contribution is 2.28. The number of halogens is 1. The van der Waals surface area contributed by atoms with E-state index >= 15 is 0 Å². The van der Waals surface area contributed by atoms with Crippen LogP contribution in [0, 0.1) is 11.3 Å². The summed E-state index contributed by atoms with van der Waals surface area (Å²) >= 11 is 0. The van der Waals surface area contributed by atoms with Crippen LogP contribution in [0.3, 0.4) is 0 Å². The summed E-state index contributed by atoms with van der Waals surface area (Å²) in [6.45, 7) is 2.25. The molecule has 1 aromatic rings. The van der Waals surface area contributed by atoms with Crippen molar-refractivity contribution in [1.82, 2.24) is 0 Å². The molecule has 0 aliphatic heterocycles. The van der Waals surface area contributed by atoms with Gasteiger partial charge in [-0.3, -0.25) is 4.39 Å². The van der Waals surface area contributed by atoms with Crippen LogP contribution in [0.1, 0.15) is 18.9 Å². The molecule has 0 bridgehead atoms.